The summed E-state index contributed by atoms with van der Waals surface area (Å²) in [6, 6.07) is 51.2. The maximum atomic E-state index is 6.92. The second kappa shape index (κ2) is 18.2. The first-order valence-electron chi connectivity index (χ1n) is 15.9. The predicted octanol–water partition coefficient (Wildman–Crippen LogP) is 9.12. The lowest BCUT2D eigenvalue weighted by Gasteiger charge is -2.45. The van der Waals surface area contributed by atoms with E-state index in [1.165, 1.54) is 0 Å². The van der Waals surface area contributed by atoms with Gasteiger partial charge in [-0.2, -0.15) is 0 Å². The highest BCUT2D eigenvalue weighted by molar-refractivity contribution is 8.76. The fourth-order valence-electron chi connectivity index (χ4n) is 5.40. The third kappa shape index (κ3) is 10.3. The molecule has 1 heterocycles. The van der Waals surface area contributed by atoms with Gasteiger partial charge in [0.2, 0.25) is 0 Å². The summed E-state index contributed by atoms with van der Waals surface area (Å²) in [5, 5.41) is 0. The molecule has 5 atom stereocenters. The molecule has 0 N–H and O–H groups in total. The number of hydrogen-bond acceptors (Lipinski definition) is 7. The van der Waals surface area contributed by atoms with E-state index in [0.717, 1.165) is 27.1 Å². The molecule has 6 rings (SSSR count). The van der Waals surface area contributed by atoms with E-state index < -0.39 is 24.4 Å². The Morgan fingerprint density at radius 2 is 0.851 bits per heavy atom. The summed E-state index contributed by atoms with van der Waals surface area (Å²) in [5.74, 6) is 0. The molecule has 0 aromatic heterocycles. The van der Waals surface area contributed by atoms with Gasteiger partial charge >= 0.3 is 0 Å². The summed E-state index contributed by atoms with van der Waals surface area (Å²) in [4.78, 5) is 1.14. The summed E-state index contributed by atoms with van der Waals surface area (Å²) in [7, 11) is 3.33. The molecule has 7 heteroatoms. The highest BCUT2D eigenvalue weighted by Crippen LogP contribution is 2.42. The van der Waals surface area contributed by atoms with E-state index in [2.05, 4.69) is 60.7 Å². The highest BCUT2D eigenvalue weighted by Gasteiger charge is 2.49. The van der Waals surface area contributed by atoms with Gasteiger partial charge in [-0.1, -0.05) is 161 Å². The van der Waals surface area contributed by atoms with E-state index in [1.54, 1.807) is 21.6 Å². The first-order chi connectivity index (χ1) is 23.3. The Morgan fingerprint density at radius 3 is 1.34 bits per heavy atom. The topological polar surface area (TPSA) is 46.2 Å². The molecule has 1 saturated heterocycles. The van der Waals surface area contributed by atoms with Crippen LogP contribution in [0, 0.1) is 0 Å². The average molecular weight is 665 g/mol. The number of benzene rings is 5. The van der Waals surface area contributed by atoms with Crippen molar-refractivity contribution in [1.82, 2.24) is 0 Å². The smallest absolute Gasteiger partial charge is 0.142 e. The summed E-state index contributed by atoms with van der Waals surface area (Å²) in [6.07, 6.45) is -1.70. The van der Waals surface area contributed by atoms with Gasteiger partial charge in [-0.05, 0) is 34.4 Å². The first-order valence-corrected chi connectivity index (χ1v) is 18.2. The second-order valence-electron chi connectivity index (χ2n) is 11.3. The standard InChI is InChI=1S/C40H40O5S2/c1-6-16-31(17-7-1)26-41-30-36-37(42-27-32-18-8-2-9-19-32)38(43-28-33-20-10-3-11-21-33)39(44-29-34-22-12-4-13-23-34)40(45-36)47-46-35-24-14-5-15-25-35/h1-25,36-40H,26-30H2/t36-,37-,38+,39-,40+/m1/s1. The van der Waals surface area contributed by atoms with Crippen molar-refractivity contribution in [2.24, 2.45) is 0 Å². The van der Waals surface area contributed by atoms with E-state index >= 15 is 0 Å². The monoisotopic (exact) mass is 664 g/mol. The Balaban J connectivity index is 1.29. The normalized spacial score (nSPS) is 21.0. The van der Waals surface area contributed by atoms with Crippen LogP contribution in [0.1, 0.15) is 22.3 Å². The van der Waals surface area contributed by atoms with Crippen LogP contribution in [-0.4, -0.2) is 36.5 Å². The first kappa shape index (κ1) is 33.5. The average Bonchev–Trinajstić information content (AvgIpc) is 3.14. The summed E-state index contributed by atoms with van der Waals surface area (Å²) < 4.78 is 33.6. The summed E-state index contributed by atoms with van der Waals surface area (Å²) >= 11 is 0. The predicted molar refractivity (Wildman–Crippen MR) is 190 cm³/mol. The minimum atomic E-state index is -0.450. The van der Waals surface area contributed by atoms with Crippen molar-refractivity contribution >= 4 is 21.6 Å². The quantitative estimate of drug-likeness (QED) is 0.0976. The third-order valence-corrected chi connectivity index (χ3v) is 10.4. The second-order valence-corrected chi connectivity index (χ2v) is 13.7. The van der Waals surface area contributed by atoms with Crippen molar-refractivity contribution in [1.29, 1.82) is 0 Å². The van der Waals surface area contributed by atoms with Gasteiger partial charge < -0.3 is 23.7 Å². The van der Waals surface area contributed by atoms with Gasteiger partial charge in [-0.25, -0.2) is 0 Å². The minimum Gasteiger partial charge on any atom is -0.374 e. The van der Waals surface area contributed by atoms with E-state index in [4.69, 9.17) is 23.7 Å². The largest absolute Gasteiger partial charge is 0.374 e. The SMILES string of the molecule is c1ccc(COC[C@H]2O[C@@H](SSc3ccccc3)[C@H](OCc3ccccc3)[C@@H](OCc3ccccc3)[C@@H]2OCc2ccccc2)cc1. The molecule has 0 bridgehead atoms. The number of rotatable bonds is 16. The molecule has 5 nitrogen and oxygen atoms in total. The van der Waals surface area contributed by atoms with Crippen LogP contribution in [0.15, 0.2) is 157 Å². The van der Waals surface area contributed by atoms with Gasteiger partial charge in [0.1, 0.15) is 29.9 Å². The molecule has 1 fully saturated rings. The summed E-state index contributed by atoms with van der Waals surface area (Å²) in [6.45, 7) is 2.08. The zero-order chi connectivity index (χ0) is 31.9. The van der Waals surface area contributed by atoms with Gasteiger partial charge in [-0.3, -0.25) is 0 Å². The third-order valence-electron chi connectivity index (χ3n) is 7.82. The van der Waals surface area contributed by atoms with E-state index in [9.17, 15) is 0 Å². The zero-order valence-electron chi connectivity index (χ0n) is 26.2. The van der Waals surface area contributed by atoms with E-state index in [0.29, 0.717) is 33.0 Å². The van der Waals surface area contributed by atoms with Gasteiger partial charge in [0.05, 0.1) is 33.0 Å². The summed E-state index contributed by atoms with van der Waals surface area (Å²) in [5.41, 5.74) is 4.01. The molecule has 0 unspecified atom stereocenters. The molecule has 1 aliphatic heterocycles. The Kier molecular flexibility index (Phi) is 13.0. The minimum absolute atomic E-state index is 0.345. The fourth-order valence-corrected chi connectivity index (χ4v) is 7.82. The molecule has 0 spiro atoms. The molecule has 242 valence electrons. The van der Waals surface area contributed by atoms with Gasteiger partial charge in [0.15, 0.2) is 0 Å². The van der Waals surface area contributed by atoms with Crippen LogP contribution < -0.4 is 0 Å². The van der Waals surface area contributed by atoms with Crippen LogP contribution in [0.25, 0.3) is 0 Å². The Labute approximate surface area is 286 Å². The molecular weight excluding hydrogens is 625 g/mol. The van der Waals surface area contributed by atoms with E-state index in [-0.39, 0.29) is 5.44 Å². The highest BCUT2D eigenvalue weighted by atomic mass is 33.1. The lowest BCUT2D eigenvalue weighted by Crippen LogP contribution is -2.60. The lowest BCUT2D eigenvalue weighted by atomic mass is 9.98. The number of ether oxygens (including phenoxy) is 5. The van der Waals surface area contributed by atoms with Crippen LogP contribution in [-0.2, 0) is 50.1 Å². The van der Waals surface area contributed by atoms with Gasteiger partial charge in [0, 0.05) is 4.90 Å². The van der Waals surface area contributed by atoms with Gasteiger partial charge in [-0.15, -0.1) is 0 Å². The molecule has 5 aromatic carbocycles. The van der Waals surface area contributed by atoms with Crippen molar-refractivity contribution < 1.29 is 23.7 Å². The van der Waals surface area contributed by atoms with Crippen LogP contribution in [0.4, 0.5) is 0 Å². The van der Waals surface area contributed by atoms with E-state index in [1.807, 2.05) is 91.0 Å². The van der Waals surface area contributed by atoms with Crippen molar-refractivity contribution in [3.63, 3.8) is 0 Å². The van der Waals surface area contributed by atoms with Crippen LogP contribution in [0.3, 0.4) is 0 Å². The lowest BCUT2D eigenvalue weighted by molar-refractivity contribution is -0.254. The maximum absolute atomic E-state index is 6.92. The van der Waals surface area contributed by atoms with Crippen molar-refractivity contribution in [3.8, 4) is 0 Å². The fraction of sp³-hybridized carbons (Fsp3) is 0.250. The van der Waals surface area contributed by atoms with Crippen molar-refractivity contribution in [2.45, 2.75) is 61.2 Å². The zero-order valence-corrected chi connectivity index (χ0v) is 27.8. The molecule has 0 aliphatic carbocycles. The molecule has 47 heavy (non-hydrogen) atoms. The Bertz CT molecular complexity index is 1560. The number of hydrogen-bond donors (Lipinski definition) is 0. The molecular formula is C40H40O5S2. The van der Waals surface area contributed by atoms with Gasteiger partial charge in [0.25, 0.3) is 0 Å². The molecule has 0 radical (unpaired) electrons. The Morgan fingerprint density at radius 1 is 0.447 bits per heavy atom. The van der Waals surface area contributed by atoms with Crippen molar-refractivity contribution in [2.75, 3.05) is 6.61 Å². The molecule has 0 amide bonds. The molecule has 5 aromatic rings. The maximum Gasteiger partial charge on any atom is 0.142 e. The van der Waals surface area contributed by atoms with Crippen LogP contribution in [0.5, 0.6) is 0 Å². The van der Waals surface area contributed by atoms with Crippen molar-refractivity contribution in [3.05, 3.63) is 174 Å². The molecule has 1 aliphatic rings. The van der Waals surface area contributed by atoms with Crippen LogP contribution in [0.2, 0.25) is 0 Å². The van der Waals surface area contributed by atoms with Crippen LogP contribution >= 0.6 is 21.6 Å². The molecule has 0 saturated carbocycles. The Hall–Kier alpha value is -3.40.